The van der Waals surface area contributed by atoms with E-state index in [0.29, 0.717) is 18.4 Å². The van der Waals surface area contributed by atoms with Crippen molar-refractivity contribution >= 4 is 23.4 Å². The second-order valence-corrected chi connectivity index (χ2v) is 8.07. The van der Waals surface area contributed by atoms with Crippen molar-refractivity contribution in [3.8, 4) is 5.88 Å². The van der Waals surface area contributed by atoms with Crippen LogP contribution in [0.4, 0.5) is 11.6 Å². The molecule has 8 heteroatoms. The van der Waals surface area contributed by atoms with E-state index in [4.69, 9.17) is 15.5 Å². The molecule has 1 aromatic carbocycles. The van der Waals surface area contributed by atoms with Crippen LogP contribution < -0.4 is 15.4 Å². The average Bonchev–Trinajstić information content (AvgIpc) is 2.74. The fraction of sp³-hybridized carbons (Fsp3) is 0.286. The van der Waals surface area contributed by atoms with E-state index in [9.17, 15) is 0 Å². The zero-order valence-electron chi connectivity index (χ0n) is 16.4. The highest BCUT2D eigenvalue weighted by Crippen LogP contribution is 2.35. The lowest BCUT2D eigenvalue weighted by atomic mass is 10.3. The summed E-state index contributed by atoms with van der Waals surface area (Å²) in [5.41, 5.74) is 7.64. The summed E-state index contributed by atoms with van der Waals surface area (Å²) in [6.45, 7) is 4.20. The Hall–Kier alpha value is -2.84. The van der Waals surface area contributed by atoms with Crippen molar-refractivity contribution in [2.24, 2.45) is 0 Å². The number of aromatic nitrogens is 3. The van der Waals surface area contributed by atoms with E-state index < -0.39 is 0 Å². The van der Waals surface area contributed by atoms with Crippen LogP contribution in [0, 0.1) is 0 Å². The van der Waals surface area contributed by atoms with E-state index in [2.05, 4.69) is 26.8 Å². The smallest absolute Gasteiger partial charge is 0.232 e. The van der Waals surface area contributed by atoms with Crippen LogP contribution in [0.1, 0.15) is 5.56 Å². The molecule has 0 unspecified atom stereocenters. The number of nitrogen functional groups attached to an aromatic ring is 1. The highest BCUT2D eigenvalue weighted by Gasteiger charge is 2.19. The van der Waals surface area contributed by atoms with Gasteiger partial charge in [-0.25, -0.2) is 4.98 Å². The number of pyridine rings is 1. The van der Waals surface area contributed by atoms with Crippen LogP contribution in [0.2, 0.25) is 0 Å². The first-order valence-corrected chi connectivity index (χ1v) is 10.3. The summed E-state index contributed by atoms with van der Waals surface area (Å²) in [6.07, 6.45) is 5.39. The van der Waals surface area contributed by atoms with Crippen molar-refractivity contribution < 1.29 is 4.74 Å². The molecule has 0 saturated carbocycles. The molecule has 4 rings (SSSR count). The highest BCUT2D eigenvalue weighted by molar-refractivity contribution is 7.99. The Labute approximate surface area is 174 Å². The van der Waals surface area contributed by atoms with Crippen molar-refractivity contribution in [2.45, 2.75) is 16.4 Å². The maximum atomic E-state index is 6.10. The number of ether oxygens (including phenoxy) is 1. The highest BCUT2D eigenvalue weighted by atomic mass is 32.2. The predicted octanol–water partition coefficient (Wildman–Crippen LogP) is 2.94. The number of nitrogens with zero attached hydrogens (tertiary/aromatic N) is 5. The topological polar surface area (TPSA) is 80.4 Å². The number of rotatable bonds is 6. The minimum Gasteiger partial charge on any atom is -0.472 e. The Kier molecular flexibility index (Phi) is 6.12. The van der Waals surface area contributed by atoms with E-state index in [1.54, 1.807) is 24.2 Å². The minimum atomic E-state index is 0.400. The molecule has 2 aromatic heterocycles. The summed E-state index contributed by atoms with van der Waals surface area (Å²) < 4.78 is 6.10. The zero-order chi connectivity index (χ0) is 20.1. The van der Waals surface area contributed by atoms with E-state index in [0.717, 1.165) is 47.2 Å². The molecule has 1 saturated heterocycles. The van der Waals surface area contributed by atoms with Crippen LogP contribution >= 0.6 is 11.8 Å². The first kappa shape index (κ1) is 19.5. The Morgan fingerprint density at radius 1 is 1.10 bits per heavy atom. The molecule has 0 spiro atoms. The Balaban J connectivity index is 1.58. The summed E-state index contributed by atoms with van der Waals surface area (Å²) in [5, 5.41) is 0. The molecule has 0 atom stereocenters. The van der Waals surface area contributed by atoms with E-state index in [-0.39, 0.29) is 0 Å². The van der Waals surface area contributed by atoms with Crippen LogP contribution in [-0.4, -0.2) is 53.1 Å². The van der Waals surface area contributed by atoms with Gasteiger partial charge in [-0.05, 0) is 31.3 Å². The molecular weight excluding hydrogens is 384 g/mol. The number of piperazine rings is 1. The Morgan fingerprint density at radius 2 is 1.97 bits per heavy atom. The van der Waals surface area contributed by atoms with Crippen molar-refractivity contribution in [1.82, 2.24) is 19.9 Å². The molecule has 7 nitrogen and oxygen atoms in total. The summed E-state index contributed by atoms with van der Waals surface area (Å²) in [4.78, 5) is 19.9. The quantitative estimate of drug-likeness (QED) is 0.624. The van der Waals surface area contributed by atoms with E-state index in [1.807, 2.05) is 42.6 Å². The maximum absolute atomic E-state index is 6.10. The molecule has 150 valence electrons. The molecule has 0 radical (unpaired) electrons. The van der Waals surface area contributed by atoms with Crippen LogP contribution in [0.3, 0.4) is 0 Å². The third kappa shape index (κ3) is 5.16. The van der Waals surface area contributed by atoms with Gasteiger partial charge in [0.05, 0.1) is 11.1 Å². The maximum Gasteiger partial charge on any atom is 0.232 e. The molecule has 1 aliphatic heterocycles. The van der Waals surface area contributed by atoms with Crippen LogP contribution in [0.25, 0.3) is 0 Å². The molecule has 29 heavy (non-hydrogen) atoms. The second kappa shape index (κ2) is 9.11. The van der Waals surface area contributed by atoms with Gasteiger partial charge in [-0.3, -0.25) is 4.98 Å². The summed E-state index contributed by atoms with van der Waals surface area (Å²) >= 11 is 1.55. The molecule has 3 heterocycles. The first-order valence-electron chi connectivity index (χ1n) is 9.53. The van der Waals surface area contributed by atoms with Gasteiger partial charge in [0.1, 0.15) is 6.61 Å². The van der Waals surface area contributed by atoms with Crippen molar-refractivity contribution in [3.63, 3.8) is 0 Å². The van der Waals surface area contributed by atoms with Gasteiger partial charge in [-0.2, -0.15) is 4.98 Å². The van der Waals surface area contributed by atoms with Gasteiger partial charge in [0, 0.05) is 54.7 Å². The fourth-order valence-electron chi connectivity index (χ4n) is 3.02. The Morgan fingerprint density at radius 3 is 2.72 bits per heavy atom. The lowest BCUT2D eigenvalue weighted by Crippen LogP contribution is -2.45. The van der Waals surface area contributed by atoms with Crippen LogP contribution in [0.15, 0.2) is 64.8 Å². The standard InChI is InChI=1S/C21H24N6OS/c1-26-8-10-27(11-9-26)21-24-14-19(29-18-6-2-5-17(22)12-18)20(25-21)28-15-16-4-3-7-23-13-16/h2-7,12-14H,8-11,15,22H2,1H3. The molecule has 0 bridgehead atoms. The van der Waals surface area contributed by atoms with Gasteiger partial charge in [0.2, 0.25) is 11.8 Å². The third-order valence-electron chi connectivity index (χ3n) is 4.68. The minimum absolute atomic E-state index is 0.400. The number of benzene rings is 1. The lowest BCUT2D eigenvalue weighted by molar-refractivity contribution is 0.282. The van der Waals surface area contributed by atoms with Gasteiger partial charge in [0.15, 0.2) is 0 Å². The number of nitrogens with two attached hydrogens (primary N) is 1. The predicted molar refractivity (Wildman–Crippen MR) is 115 cm³/mol. The van der Waals surface area contributed by atoms with Gasteiger partial charge in [0.25, 0.3) is 0 Å². The largest absolute Gasteiger partial charge is 0.472 e. The molecule has 0 amide bonds. The van der Waals surface area contributed by atoms with Gasteiger partial charge in [-0.1, -0.05) is 23.9 Å². The van der Waals surface area contributed by atoms with Gasteiger partial charge in [-0.15, -0.1) is 0 Å². The fourth-order valence-corrected chi connectivity index (χ4v) is 3.91. The van der Waals surface area contributed by atoms with E-state index >= 15 is 0 Å². The Bertz CT molecular complexity index is 947. The number of likely N-dealkylation sites (N-methyl/N-ethyl adjacent to an activating group) is 1. The third-order valence-corrected chi connectivity index (χ3v) is 5.67. The zero-order valence-corrected chi connectivity index (χ0v) is 17.2. The van der Waals surface area contributed by atoms with Gasteiger partial charge >= 0.3 is 0 Å². The van der Waals surface area contributed by atoms with Crippen LogP contribution in [-0.2, 0) is 6.61 Å². The summed E-state index contributed by atoms with van der Waals surface area (Å²) in [7, 11) is 2.13. The summed E-state index contributed by atoms with van der Waals surface area (Å²) in [5.74, 6) is 1.28. The van der Waals surface area contributed by atoms with Gasteiger partial charge < -0.3 is 20.3 Å². The molecule has 1 aliphatic rings. The number of anilines is 2. The SMILES string of the molecule is CN1CCN(c2ncc(Sc3cccc(N)c3)c(OCc3cccnc3)n2)CC1. The van der Waals surface area contributed by atoms with Crippen molar-refractivity contribution in [1.29, 1.82) is 0 Å². The first-order chi connectivity index (χ1) is 14.2. The second-order valence-electron chi connectivity index (χ2n) is 6.95. The average molecular weight is 409 g/mol. The van der Waals surface area contributed by atoms with E-state index in [1.165, 1.54) is 0 Å². The molecule has 3 aromatic rings. The number of hydrogen-bond donors (Lipinski definition) is 1. The monoisotopic (exact) mass is 408 g/mol. The van der Waals surface area contributed by atoms with Crippen LogP contribution in [0.5, 0.6) is 5.88 Å². The molecule has 2 N–H and O–H groups in total. The normalized spacial score (nSPS) is 14.7. The number of hydrogen-bond acceptors (Lipinski definition) is 8. The molecule has 1 fully saturated rings. The van der Waals surface area contributed by atoms with Crippen molar-refractivity contribution in [3.05, 3.63) is 60.6 Å². The summed E-state index contributed by atoms with van der Waals surface area (Å²) in [6, 6.07) is 11.6. The lowest BCUT2D eigenvalue weighted by Gasteiger charge is -2.32. The molecule has 0 aliphatic carbocycles. The molecular formula is C21H24N6OS. The van der Waals surface area contributed by atoms with Crippen molar-refractivity contribution in [2.75, 3.05) is 43.9 Å².